The molecule has 1 fully saturated rings. The molecule has 0 aliphatic carbocycles. The fourth-order valence-corrected chi connectivity index (χ4v) is 3.39. The van der Waals surface area contributed by atoms with Gasteiger partial charge in [0.1, 0.15) is 5.60 Å². The Hall–Kier alpha value is -1.78. The molecule has 0 atom stereocenters. The highest BCUT2D eigenvalue weighted by Gasteiger charge is 2.37. The van der Waals surface area contributed by atoms with Gasteiger partial charge in [0, 0.05) is 17.7 Å². The highest BCUT2D eigenvalue weighted by molar-refractivity contribution is 7.98. The van der Waals surface area contributed by atoms with E-state index >= 15 is 0 Å². The van der Waals surface area contributed by atoms with Crippen LogP contribution in [0.5, 0.6) is 0 Å². The van der Waals surface area contributed by atoms with Crippen LogP contribution in [0.2, 0.25) is 0 Å². The van der Waals surface area contributed by atoms with E-state index < -0.39 is 5.60 Å². The Morgan fingerprint density at radius 3 is 2.30 bits per heavy atom. The SMILES string of the molecule is CSc1ccc(C(=O)OC2(c3ccccc3)CCNCC2)cc1. The van der Waals surface area contributed by atoms with Crippen molar-refractivity contribution in [1.82, 2.24) is 5.32 Å². The molecule has 0 radical (unpaired) electrons. The van der Waals surface area contributed by atoms with Crippen LogP contribution in [0.3, 0.4) is 0 Å². The van der Waals surface area contributed by atoms with Crippen LogP contribution in [0.4, 0.5) is 0 Å². The number of piperidine rings is 1. The van der Waals surface area contributed by atoms with E-state index in [-0.39, 0.29) is 5.97 Å². The van der Waals surface area contributed by atoms with Crippen LogP contribution < -0.4 is 5.32 Å². The fraction of sp³-hybridized carbons (Fsp3) is 0.316. The Bertz CT molecular complexity index is 649. The van der Waals surface area contributed by atoms with Crippen LogP contribution in [0, 0.1) is 0 Å². The van der Waals surface area contributed by atoms with E-state index in [4.69, 9.17) is 4.74 Å². The minimum Gasteiger partial charge on any atom is -0.450 e. The molecule has 23 heavy (non-hydrogen) atoms. The Labute approximate surface area is 141 Å². The van der Waals surface area contributed by atoms with Crippen molar-refractivity contribution in [2.24, 2.45) is 0 Å². The second kappa shape index (κ2) is 7.20. The van der Waals surface area contributed by atoms with E-state index in [2.05, 4.69) is 17.4 Å². The van der Waals surface area contributed by atoms with Gasteiger partial charge in [0.2, 0.25) is 0 Å². The smallest absolute Gasteiger partial charge is 0.339 e. The second-order valence-electron chi connectivity index (χ2n) is 5.73. The first-order valence-corrected chi connectivity index (χ1v) is 9.10. The maximum Gasteiger partial charge on any atom is 0.339 e. The molecule has 2 aromatic rings. The summed E-state index contributed by atoms with van der Waals surface area (Å²) < 4.78 is 6.04. The molecule has 1 N–H and O–H groups in total. The lowest BCUT2D eigenvalue weighted by molar-refractivity contribution is -0.0378. The van der Waals surface area contributed by atoms with E-state index in [1.807, 2.05) is 48.7 Å². The van der Waals surface area contributed by atoms with Gasteiger partial charge in [-0.1, -0.05) is 30.3 Å². The zero-order chi connectivity index (χ0) is 16.1. The maximum atomic E-state index is 12.6. The highest BCUT2D eigenvalue weighted by Crippen LogP contribution is 2.35. The molecule has 0 unspecified atom stereocenters. The maximum absolute atomic E-state index is 12.6. The quantitative estimate of drug-likeness (QED) is 0.684. The minimum absolute atomic E-state index is 0.247. The normalized spacial score (nSPS) is 16.7. The summed E-state index contributed by atoms with van der Waals surface area (Å²) in [5.41, 5.74) is 1.16. The molecular formula is C19H21NO2S. The Balaban J connectivity index is 1.84. The van der Waals surface area contributed by atoms with Crippen molar-refractivity contribution in [1.29, 1.82) is 0 Å². The molecule has 0 saturated carbocycles. The molecule has 0 spiro atoms. The largest absolute Gasteiger partial charge is 0.450 e. The van der Waals surface area contributed by atoms with Crippen molar-refractivity contribution in [3.05, 3.63) is 65.7 Å². The first-order chi connectivity index (χ1) is 11.2. The van der Waals surface area contributed by atoms with Gasteiger partial charge in [-0.15, -0.1) is 11.8 Å². The van der Waals surface area contributed by atoms with Crippen LogP contribution >= 0.6 is 11.8 Å². The highest BCUT2D eigenvalue weighted by atomic mass is 32.2. The number of carbonyl (C=O) groups excluding carboxylic acids is 1. The number of esters is 1. The number of thioether (sulfide) groups is 1. The van der Waals surface area contributed by atoms with Crippen molar-refractivity contribution in [3.8, 4) is 0 Å². The molecule has 1 aliphatic heterocycles. The van der Waals surface area contributed by atoms with Gasteiger partial charge in [0.25, 0.3) is 0 Å². The summed E-state index contributed by atoms with van der Waals surface area (Å²) in [6, 6.07) is 17.7. The minimum atomic E-state index is -0.526. The predicted molar refractivity (Wildman–Crippen MR) is 93.9 cm³/mol. The second-order valence-corrected chi connectivity index (χ2v) is 6.61. The van der Waals surface area contributed by atoms with Crippen molar-refractivity contribution >= 4 is 17.7 Å². The number of rotatable bonds is 4. The zero-order valence-electron chi connectivity index (χ0n) is 13.2. The first kappa shape index (κ1) is 16.1. The number of carbonyl (C=O) groups is 1. The zero-order valence-corrected chi connectivity index (χ0v) is 14.1. The predicted octanol–water partition coefficient (Wildman–Crippen LogP) is 3.84. The van der Waals surface area contributed by atoms with Gasteiger partial charge in [-0.2, -0.15) is 0 Å². The Morgan fingerprint density at radius 1 is 1.04 bits per heavy atom. The van der Waals surface area contributed by atoms with Gasteiger partial charge >= 0.3 is 5.97 Å². The van der Waals surface area contributed by atoms with Gasteiger partial charge in [0.15, 0.2) is 0 Å². The lowest BCUT2D eigenvalue weighted by Crippen LogP contribution is -2.43. The molecule has 0 bridgehead atoms. The summed E-state index contributed by atoms with van der Waals surface area (Å²) in [5, 5.41) is 3.34. The molecular weight excluding hydrogens is 306 g/mol. The number of hydrogen-bond donors (Lipinski definition) is 1. The van der Waals surface area contributed by atoms with E-state index in [0.29, 0.717) is 5.56 Å². The van der Waals surface area contributed by atoms with Crippen molar-refractivity contribution < 1.29 is 9.53 Å². The standard InChI is InChI=1S/C19H21NO2S/c1-23-17-9-7-15(8-10-17)18(21)22-19(11-13-20-14-12-19)16-5-3-2-4-6-16/h2-10,20H,11-14H2,1H3. The van der Waals surface area contributed by atoms with Crippen molar-refractivity contribution in [3.63, 3.8) is 0 Å². The van der Waals surface area contributed by atoms with Gasteiger partial charge in [-0.05, 0) is 49.2 Å². The molecule has 1 saturated heterocycles. The Kier molecular flexibility index (Phi) is 5.03. The molecule has 120 valence electrons. The molecule has 0 amide bonds. The third kappa shape index (κ3) is 3.59. The number of ether oxygens (including phenoxy) is 1. The molecule has 3 nitrogen and oxygen atoms in total. The molecule has 1 heterocycles. The summed E-state index contributed by atoms with van der Waals surface area (Å²) in [7, 11) is 0. The molecule has 4 heteroatoms. The average Bonchev–Trinajstić information content (AvgIpc) is 2.63. The summed E-state index contributed by atoms with van der Waals surface area (Å²) in [6.07, 6.45) is 3.62. The van der Waals surface area contributed by atoms with Crippen LogP contribution in [-0.4, -0.2) is 25.3 Å². The topological polar surface area (TPSA) is 38.3 Å². The van der Waals surface area contributed by atoms with Gasteiger partial charge in [0.05, 0.1) is 5.56 Å². The molecule has 2 aromatic carbocycles. The van der Waals surface area contributed by atoms with Crippen LogP contribution in [-0.2, 0) is 10.3 Å². The van der Waals surface area contributed by atoms with Crippen molar-refractivity contribution in [2.75, 3.05) is 19.3 Å². The van der Waals surface area contributed by atoms with Crippen molar-refractivity contribution in [2.45, 2.75) is 23.3 Å². The monoisotopic (exact) mass is 327 g/mol. The van der Waals surface area contributed by atoms with Crippen LogP contribution in [0.1, 0.15) is 28.8 Å². The lowest BCUT2D eigenvalue weighted by Gasteiger charge is -2.37. The van der Waals surface area contributed by atoms with Gasteiger partial charge < -0.3 is 10.1 Å². The van der Waals surface area contributed by atoms with Crippen LogP contribution in [0.15, 0.2) is 59.5 Å². The third-order valence-corrected chi connectivity index (χ3v) is 5.07. The number of benzene rings is 2. The van der Waals surface area contributed by atoms with Gasteiger partial charge in [-0.3, -0.25) is 0 Å². The molecule has 0 aromatic heterocycles. The fourth-order valence-electron chi connectivity index (χ4n) is 2.99. The van der Waals surface area contributed by atoms with E-state index in [1.165, 1.54) is 0 Å². The Morgan fingerprint density at radius 2 is 1.70 bits per heavy atom. The van der Waals surface area contributed by atoms with E-state index in [0.717, 1.165) is 36.4 Å². The third-order valence-electron chi connectivity index (χ3n) is 4.32. The summed E-state index contributed by atoms with van der Waals surface area (Å²) >= 11 is 1.66. The lowest BCUT2D eigenvalue weighted by atomic mass is 9.84. The summed E-state index contributed by atoms with van der Waals surface area (Å²) in [6.45, 7) is 1.71. The summed E-state index contributed by atoms with van der Waals surface area (Å²) in [4.78, 5) is 13.8. The molecule has 3 rings (SSSR count). The summed E-state index contributed by atoms with van der Waals surface area (Å²) in [5.74, 6) is -0.247. The van der Waals surface area contributed by atoms with E-state index in [9.17, 15) is 4.79 Å². The van der Waals surface area contributed by atoms with E-state index in [1.54, 1.807) is 11.8 Å². The number of nitrogens with one attached hydrogen (secondary N) is 1. The van der Waals surface area contributed by atoms with Gasteiger partial charge in [-0.25, -0.2) is 4.79 Å². The molecule has 1 aliphatic rings. The number of hydrogen-bond acceptors (Lipinski definition) is 4. The average molecular weight is 327 g/mol. The van der Waals surface area contributed by atoms with Crippen LogP contribution in [0.25, 0.3) is 0 Å². The first-order valence-electron chi connectivity index (χ1n) is 7.87.